The summed E-state index contributed by atoms with van der Waals surface area (Å²) in [4.78, 5) is 12.1. The minimum atomic E-state index is -0.456. The number of aliphatic hydroxyl groups excluding tert-OH is 1. The molecule has 0 fully saturated rings. The molecule has 0 aromatic heterocycles. The summed E-state index contributed by atoms with van der Waals surface area (Å²) in [6.07, 6.45) is 0.346. The standard InChI is InChI=1S/C18H21NO2/c1-14(20)12-13-17(21)19-18(15-8-4-2-5-9-15)16-10-6-3-7-11-16/h2-11,14,18,20H,12-13H2,1H3,(H,19,21). The molecule has 2 N–H and O–H groups in total. The molecule has 0 bridgehead atoms. The van der Waals surface area contributed by atoms with Gasteiger partial charge in [0.25, 0.3) is 0 Å². The van der Waals surface area contributed by atoms with Crippen molar-refractivity contribution in [2.45, 2.75) is 31.9 Å². The molecule has 0 saturated heterocycles. The quantitative estimate of drug-likeness (QED) is 0.856. The molecule has 3 nitrogen and oxygen atoms in total. The number of benzene rings is 2. The van der Waals surface area contributed by atoms with Gasteiger partial charge in [-0.15, -0.1) is 0 Å². The van der Waals surface area contributed by atoms with Gasteiger partial charge in [0.2, 0.25) is 5.91 Å². The van der Waals surface area contributed by atoms with Crippen molar-refractivity contribution in [3.05, 3.63) is 71.8 Å². The Morgan fingerprint density at radius 3 is 1.90 bits per heavy atom. The van der Waals surface area contributed by atoms with Crippen LogP contribution in [0.5, 0.6) is 0 Å². The highest BCUT2D eigenvalue weighted by Crippen LogP contribution is 2.21. The smallest absolute Gasteiger partial charge is 0.220 e. The number of hydrogen-bond donors (Lipinski definition) is 2. The summed E-state index contributed by atoms with van der Waals surface area (Å²) in [5.41, 5.74) is 2.10. The first-order chi connectivity index (χ1) is 10.2. The summed E-state index contributed by atoms with van der Waals surface area (Å²) in [5.74, 6) is -0.0476. The third-order valence-corrected chi connectivity index (χ3v) is 3.36. The van der Waals surface area contributed by atoms with Crippen LogP contribution in [0.1, 0.15) is 36.9 Å². The zero-order valence-corrected chi connectivity index (χ0v) is 12.2. The minimum absolute atomic E-state index is 0.0476. The lowest BCUT2D eigenvalue weighted by Crippen LogP contribution is -2.29. The summed E-state index contributed by atoms with van der Waals surface area (Å²) in [6, 6.07) is 19.6. The molecule has 0 radical (unpaired) electrons. The van der Waals surface area contributed by atoms with E-state index >= 15 is 0 Å². The summed E-state index contributed by atoms with van der Waals surface area (Å²) in [6.45, 7) is 1.69. The number of aliphatic hydroxyl groups is 1. The second-order valence-corrected chi connectivity index (χ2v) is 5.21. The third kappa shape index (κ3) is 4.72. The lowest BCUT2D eigenvalue weighted by Gasteiger charge is -2.20. The van der Waals surface area contributed by atoms with Gasteiger partial charge in [0.15, 0.2) is 0 Å². The maximum absolute atomic E-state index is 12.1. The molecule has 110 valence electrons. The van der Waals surface area contributed by atoms with E-state index in [0.717, 1.165) is 11.1 Å². The number of rotatable bonds is 6. The van der Waals surface area contributed by atoms with Crippen molar-refractivity contribution in [1.29, 1.82) is 0 Å². The highest BCUT2D eigenvalue weighted by molar-refractivity contribution is 5.77. The minimum Gasteiger partial charge on any atom is -0.393 e. The van der Waals surface area contributed by atoms with E-state index < -0.39 is 6.10 Å². The van der Waals surface area contributed by atoms with Crippen LogP contribution in [0.2, 0.25) is 0 Å². The van der Waals surface area contributed by atoms with E-state index in [1.165, 1.54) is 0 Å². The molecule has 0 aliphatic carbocycles. The highest BCUT2D eigenvalue weighted by atomic mass is 16.3. The predicted molar refractivity (Wildman–Crippen MR) is 83.8 cm³/mol. The molecular formula is C18H21NO2. The van der Waals surface area contributed by atoms with Crippen molar-refractivity contribution < 1.29 is 9.90 Å². The highest BCUT2D eigenvalue weighted by Gasteiger charge is 2.16. The molecule has 0 spiro atoms. The average molecular weight is 283 g/mol. The van der Waals surface area contributed by atoms with Gasteiger partial charge in [-0.2, -0.15) is 0 Å². The Bertz CT molecular complexity index is 512. The van der Waals surface area contributed by atoms with Crippen molar-refractivity contribution in [3.8, 4) is 0 Å². The van der Waals surface area contributed by atoms with Crippen LogP contribution in [0.4, 0.5) is 0 Å². The van der Waals surface area contributed by atoms with Crippen LogP contribution in [-0.4, -0.2) is 17.1 Å². The molecule has 2 aromatic carbocycles. The van der Waals surface area contributed by atoms with Crippen LogP contribution >= 0.6 is 0 Å². The van der Waals surface area contributed by atoms with Crippen LogP contribution in [0.25, 0.3) is 0 Å². The molecule has 0 aliphatic heterocycles. The van der Waals surface area contributed by atoms with Gasteiger partial charge in [-0.25, -0.2) is 0 Å². The molecule has 1 atom stereocenters. The van der Waals surface area contributed by atoms with E-state index in [0.29, 0.717) is 12.8 Å². The molecule has 21 heavy (non-hydrogen) atoms. The zero-order valence-electron chi connectivity index (χ0n) is 12.2. The van der Waals surface area contributed by atoms with Crippen molar-refractivity contribution in [1.82, 2.24) is 5.32 Å². The van der Waals surface area contributed by atoms with E-state index in [-0.39, 0.29) is 11.9 Å². The first-order valence-corrected chi connectivity index (χ1v) is 7.24. The summed E-state index contributed by atoms with van der Waals surface area (Å²) >= 11 is 0. The number of amides is 1. The summed E-state index contributed by atoms with van der Waals surface area (Å²) in [5, 5.41) is 12.3. The van der Waals surface area contributed by atoms with E-state index in [9.17, 15) is 9.90 Å². The average Bonchev–Trinajstić information content (AvgIpc) is 2.52. The molecule has 0 saturated carbocycles. The van der Waals surface area contributed by atoms with E-state index in [1.54, 1.807) is 6.92 Å². The Morgan fingerprint density at radius 2 is 1.48 bits per heavy atom. The van der Waals surface area contributed by atoms with E-state index in [2.05, 4.69) is 5.32 Å². The Labute approximate surface area is 125 Å². The second kappa shape index (κ2) is 7.60. The Balaban J connectivity index is 2.16. The predicted octanol–water partition coefficient (Wildman–Crippen LogP) is 3.05. The van der Waals surface area contributed by atoms with Gasteiger partial charge < -0.3 is 10.4 Å². The maximum Gasteiger partial charge on any atom is 0.220 e. The van der Waals surface area contributed by atoms with Crippen molar-refractivity contribution >= 4 is 5.91 Å². The van der Waals surface area contributed by atoms with Gasteiger partial charge in [0.05, 0.1) is 12.1 Å². The number of nitrogens with one attached hydrogen (secondary N) is 1. The topological polar surface area (TPSA) is 49.3 Å². The van der Waals surface area contributed by atoms with Crippen LogP contribution in [0, 0.1) is 0 Å². The second-order valence-electron chi connectivity index (χ2n) is 5.21. The van der Waals surface area contributed by atoms with Gasteiger partial charge in [-0.3, -0.25) is 4.79 Å². The Morgan fingerprint density at radius 1 is 1.00 bits per heavy atom. The van der Waals surface area contributed by atoms with Gasteiger partial charge in [-0.05, 0) is 24.5 Å². The zero-order chi connectivity index (χ0) is 15.1. The van der Waals surface area contributed by atoms with Gasteiger partial charge in [-0.1, -0.05) is 60.7 Å². The lowest BCUT2D eigenvalue weighted by atomic mass is 9.98. The fourth-order valence-corrected chi connectivity index (χ4v) is 2.22. The normalized spacial score (nSPS) is 12.1. The summed E-state index contributed by atoms with van der Waals surface area (Å²) < 4.78 is 0. The molecule has 1 amide bonds. The monoisotopic (exact) mass is 283 g/mol. The fourth-order valence-electron chi connectivity index (χ4n) is 2.22. The maximum atomic E-state index is 12.1. The third-order valence-electron chi connectivity index (χ3n) is 3.36. The summed E-state index contributed by atoms with van der Waals surface area (Å²) in [7, 11) is 0. The van der Waals surface area contributed by atoms with Crippen molar-refractivity contribution in [3.63, 3.8) is 0 Å². The SMILES string of the molecule is CC(O)CCC(=O)NC(c1ccccc1)c1ccccc1. The van der Waals surface area contributed by atoms with Crippen LogP contribution in [-0.2, 0) is 4.79 Å². The Hall–Kier alpha value is -2.13. The van der Waals surface area contributed by atoms with Crippen LogP contribution in [0.3, 0.4) is 0 Å². The van der Waals surface area contributed by atoms with Crippen LogP contribution < -0.4 is 5.32 Å². The van der Waals surface area contributed by atoms with Gasteiger partial charge >= 0.3 is 0 Å². The number of hydrogen-bond acceptors (Lipinski definition) is 2. The molecule has 1 unspecified atom stereocenters. The van der Waals surface area contributed by atoms with Crippen molar-refractivity contribution in [2.75, 3.05) is 0 Å². The largest absolute Gasteiger partial charge is 0.393 e. The number of carbonyl (C=O) groups is 1. The number of carbonyl (C=O) groups excluding carboxylic acids is 1. The molecule has 3 heteroatoms. The first kappa shape index (κ1) is 15.3. The van der Waals surface area contributed by atoms with Gasteiger partial charge in [0.1, 0.15) is 0 Å². The molecule has 2 aromatic rings. The fraction of sp³-hybridized carbons (Fsp3) is 0.278. The molecule has 0 aliphatic rings. The van der Waals surface area contributed by atoms with E-state index in [1.807, 2.05) is 60.7 Å². The van der Waals surface area contributed by atoms with Crippen molar-refractivity contribution in [2.24, 2.45) is 0 Å². The molecule has 2 rings (SSSR count). The lowest BCUT2D eigenvalue weighted by molar-refractivity contribution is -0.122. The van der Waals surface area contributed by atoms with E-state index in [4.69, 9.17) is 0 Å². The van der Waals surface area contributed by atoms with Crippen LogP contribution in [0.15, 0.2) is 60.7 Å². The molecule has 0 heterocycles. The first-order valence-electron chi connectivity index (χ1n) is 7.24. The van der Waals surface area contributed by atoms with Gasteiger partial charge in [0, 0.05) is 6.42 Å². The molecular weight excluding hydrogens is 262 g/mol. The Kier molecular flexibility index (Phi) is 5.52.